The molecule has 1 aromatic rings. The van der Waals surface area contributed by atoms with Crippen molar-refractivity contribution in [2.45, 2.75) is 32.6 Å². The van der Waals surface area contributed by atoms with E-state index in [4.69, 9.17) is 0 Å². The Morgan fingerprint density at radius 3 is 2.80 bits per heavy atom. The minimum absolute atomic E-state index is 0.0334. The molecule has 0 aliphatic carbocycles. The quantitative estimate of drug-likeness (QED) is 0.838. The molecule has 0 aromatic heterocycles. The Labute approximate surface area is 125 Å². The summed E-state index contributed by atoms with van der Waals surface area (Å²) in [7, 11) is 0. The second-order valence-electron chi connectivity index (χ2n) is 7.22. The molecule has 20 heavy (non-hydrogen) atoms. The molecule has 3 heteroatoms. The van der Waals surface area contributed by atoms with Crippen LogP contribution in [-0.2, 0) is 0 Å². The molecule has 1 nitrogen and oxygen atoms in total. The lowest BCUT2D eigenvalue weighted by Gasteiger charge is -2.51. The Bertz CT molecular complexity index is 484. The second kappa shape index (κ2) is 5.34. The van der Waals surface area contributed by atoms with Gasteiger partial charge in [0.1, 0.15) is 5.82 Å². The van der Waals surface area contributed by atoms with Gasteiger partial charge in [-0.3, -0.25) is 0 Å². The van der Waals surface area contributed by atoms with Crippen molar-refractivity contribution in [3.8, 4) is 0 Å². The first-order valence-electron chi connectivity index (χ1n) is 7.55. The molecular formula is C17H24FNS. The number of benzene rings is 1. The number of nitrogens with one attached hydrogen (secondary N) is 1. The van der Waals surface area contributed by atoms with Crippen molar-refractivity contribution < 1.29 is 4.39 Å². The van der Waals surface area contributed by atoms with Crippen molar-refractivity contribution >= 4 is 11.8 Å². The van der Waals surface area contributed by atoms with Crippen LogP contribution in [0.1, 0.15) is 38.2 Å². The molecule has 0 saturated carbocycles. The summed E-state index contributed by atoms with van der Waals surface area (Å²) in [4.78, 5) is 0. The Kier molecular flexibility index (Phi) is 3.85. The third kappa shape index (κ3) is 2.62. The lowest BCUT2D eigenvalue weighted by Crippen LogP contribution is -2.49. The molecule has 3 rings (SSSR count). The normalized spacial score (nSPS) is 33.2. The minimum atomic E-state index is -0.0334. The number of rotatable bonds is 1. The zero-order valence-electron chi connectivity index (χ0n) is 12.4. The summed E-state index contributed by atoms with van der Waals surface area (Å²) in [5.41, 5.74) is 1.54. The van der Waals surface area contributed by atoms with E-state index in [0.29, 0.717) is 11.3 Å². The van der Waals surface area contributed by atoms with E-state index in [2.05, 4.69) is 30.9 Å². The summed E-state index contributed by atoms with van der Waals surface area (Å²) in [6.45, 7) is 6.71. The maximum Gasteiger partial charge on any atom is 0.126 e. The van der Waals surface area contributed by atoms with E-state index >= 15 is 0 Å². The molecule has 1 aromatic carbocycles. The molecule has 0 bridgehead atoms. The zero-order chi connectivity index (χ0) is 14.2. The first kappa shape index (κ1) is 14.4. The number of piperidine rings is 1. The summed E-state index contributed by atoms with van der Waals surface area (Å²) < 4.78 is 14.3. The van der Waals surface area contributed by atoms with Crippen molar-refractivity contribution in [3.63, 3.8) is 0 Å². The first-order valence-corrected chi connectivity index (χ1v) is 8.71. The Balaban J connectivity index is 1.97. The van der Waals surface area contributed by atoms with Gasteiger partial charge in [0.05, 0.1) is 0 Å². The van der Waals surface area contributed by atoms with Gasteiger partial charge in [-0.15, -0.1) is 0 Å². The molecule has 2 saturated heterocycles. The zero-order valence-corrected chi connectivity index (χ0v) is 13.2. The van der Waals surface area contributed by atoms with Crippen molar-refractivity contribution in [3.05, 3.63) is 35.6 Å². The number of hydrogen-bond acceptors (Lipinski definition) is 2. The van der Waals surface area contributed by atoms with Gasteiger partial charge in [-0.2, -0.15) is 11.8 Å². The maximum atomic E-state index is 14.3. The topological polar surface area (TPSA) is 12.0 Å². The van der Waals surface area contributed by atoms with Crippen LogP contribution in [-0.4, -0.2) is 24.6 Å². The number of thioether (sulfide) groups is 1. The van der Waals surface area contributed by atoms with Crippen molar-refractivity contribution in [2.75, 3.05) is 24.6 Å². The Morgan fingerprint density at radius 1 is 1.25 bits per heavy atom. The molecule has 1 N–H and O–H groups in total. The highest BCUT2D eigenvalue weighted by atomic mass is 32.2. The predicted molar refractivity (Wildman–Crippen MR) is 84.8 cm³/mol. The van der Waals surface area contributed by atoms with Gasteiger partial charge in [0.2, 0.25) is 0 Å². The van der Waals surface area contributed by atoms with Gasteiger partial charge >= 0.3 is 0 Å². The fourth-order valence-electron chi connectivity index (χ4n) is 4.14. The molecule has 0 radical (unpaired) electrons. The second-order valence-corrected chi connectivity index (χ2v) is 8.21. The molecule has 2 heterocycles. The van der Waals surface area contributed by atoms with E-state index in [-0.39, 0.29) is 11.2 Å². The first-order chi connectivity index (χ1) is 9.53. The van der Waals surface area contributed by atoms with Crippen LogP contribution >= 0.6 is 11.8 Å². The summed E-state index contributed by atoms with van der Waals surface area (Å²) in [6, 6.07) is 7.36. The van der Waals surface area contributed by atoms with E-state index in [9.17, 15) is 4.39 Å². The van der Waals surface area contributed by atoms with Crippen LogP contribution in [0, 0.1) is 16.6 Å². The van der Waals surface area contributed by atoms with Gasteiger partial charge in [0, 0.05) is 12.5 Å². The molecule has 2 aliphatic rings. The summed E-state index contributed by atoms with van der Waals surface area (Å²) in [5.74, 6) is 2.68. The molecule has 1 spiro atoms. The van der Waals surface area contributed by atoms with E-state index in [1.165, 1.54) is 24.3 Å². The Hall–Kier alpha value is -0.540. The molecule has 2 unspecified atom stereocenters. The van der Waals surface area contributed by atoms with Crippen molar-refractivity contribution in [1.29, 1.82) is 0 Å². The molecule has 0 amide bonds. The van der Waals surface area contributed by atoms with Crippen LogP contribution in [0.15, 0.2) is 24.3 Å². The highest BCUT2D eigenvalue weighted by molar-refractivity contribution is 7.99. The standard InChI is InChI=1S/C17H24FNS/c1-16(2)10-17(12-20-11-16)7-8-19-9-14(17)13-5-3-4-6-15(13)18/h3-6,14,19H,7-12H2,1-2H3. The van der Waals surface area contributed by atoms with Gasteiger partial charge in [-0.1, -0.05) is 32.0 Å². The van der Waals surface area contributed by atoms with Crippen LogP contribution < -0.4 is 5.32 Å². The van der Waals surface area contributed by atoms with Crippen LogP contribution in [0.3, 0.4) is 0 Å². The number of hydrogen-bond donors (Lipinski definition) is 1. The Morgan fingerprint density at radius 2 is 2.05 bits per heavy atom. The van der Waals surface area contributed by atoms with E-state index in [1.807, 2.05) is 12.1 Å². The maximum absolute atomic E-state index is 14.3. The SMILES string of the molecule is CC1(C)CSCC2(CCNCC2c2ccccc2F)C1. The molecular weight excluding hydrogens is 269 g/mol. The van der Waals surface area contributed by atoms with Crippen molar-refractivity contribution in [2.24, 2.45) is 10.8 Å². The van der Waals surface area contributed by atoms with Crippen LogP contribution in [0.25, 0.3) is 0 Å². The van der Waals surface area contributed by atoms with Crippen LogP contribution in [0.5, 0.6) is 0 Å². The fourth-order valence-corrected chi connectivity index (χ4v) is 5.75. The largest absolute Gasteiger partial charge is 0.316 e. The van der Waals surface area contributed by atoms with E-state index in [1.54, 1.807) is 12.1 Å². The van der Waals surface area contributed by atoms with E-state index in [0.717, 1.165) is 18.7 Å². The van der Waals surface area contributed by atoms with E-state index < -0.39 is 0 Å². The highest BCUT2D eigenvalue weighted by Crippen LogP contribution is 2.54. The van der Waals surface area contributed by atoms with Gasteiger partial charge in [0.15, 0.2) is 0 Å². The third-order valence-electron chi connectivity index (χ3n) is 4.88. The smallest absolute Gasteiger partial charge is 0.126 e. The fraction of sp³-hybridized carbons (Fsp3) is 0.647. The molecule has 2 aliphatic heterocycles. The van der Waals surface area contributed by atoms with Crippen molar-refractivity contribution in [1.82, 2.24) is 5.32 Å². The lowest BCUT2D eigenvalue weighted by molar-refractivity contribution is 0.113. The number of halogens is 1. The van der Waals surface area contributed by atoms with Crippen LogP contribution in [0.4, 0.5) is 4.39 Å². The van der Waals surface area contributed by atoms with Gasteiger partial charge < -0.3 is 5.32 Å². The summed E-state index contributed by atoms with van der Waals surface area (Å²) in [5, 5.41) is 3.48. The third-order valence-corrected chi connectivity index (χ3v) is 6.65. The lowest BCUT2D eigenvalue weighted by atomic mass is 9.62. The van der Waals surface area contributed by atoms with Gasteiger partial charge in [-0.25, -0.2) is 4.39 Å². The average Bonchev–Trinajstić information content (AvgIpc) is 2.39. The van der Waals surface area contributed by atoms with Gasteiger partial charge in [0.25, 0.3) is 0 Å². The molecule has 110 valence electrons. The minimum Gasteiger partial charge on any atom is -0.316 e. The predicted octanol–water partition coefficient (Wildman–Crippen LogP) is 4.05. The monoisotopic (exact) mass is 293 g/mol. The highest BCUT2D eigenvalue weighted by Gasteiger charge is 2.47. The summed E-state index contributed by atoms with van der Waals surface area (Å²) in [6.07, 6.45) is 2.39. The van der Waals surface area contributed by atoms with Crippen LogP contribution in [0.2, 0.25) is 0 Å². The van der Waals surface area contributed by atoms with Gasteiger partial charge in [-0.05, 0) is 53.4 Å². The molecule has 2 fully saturated rings. The molecule has 2 atom stereocenters. The average molecular weight is 293 g/mol. The summed E-state index contributed by atoms with van der Waals surface area (Å²) >= 11 is 2.06.